The highest BCUT2D eigenvalue weighted by Gasteiger charge is 2.49. The van der Waals surface area contributed by atoms with Crippen molar-refractivity contribution in [2.45, 2.75) is 37.2 Å². The summed E-state index contributed by atoms with van der Waals surface area (Å²) in [6.45, 7) is 2.89. The number of carbonyl (C=O) groups is 1. The molecule has 11 nitrogen and oxygen atoms in total. The first kappa shape index (κ1) is 35.2. The number of nitrogens with two attached hydrogens (primary N) is 1. The smallest absolute Gasteiger partial charge is 0.248 e. The molecule has 1 aliphatic heterocycles. The maximum absolute atomic E-state index is 13.3. The second-order valence-corrected chi connectivity index (χ2v) is 14.4. The van der Waals surface area contributed by atoms with Crippen molar-refractivity contribution in [3.05, 3.63) is 112 Å². The molecule has 0 saturated carbocycles. The van der Waals surface area contributed by atoms with Crippen LogP contribution in [0.5, 0.6) is 5.75 Å². The Balaban J connectivity index is 1.04. The number of fused-ring (bicyclic) bond motifs is 1. The molecular weight excluding hydrogens is 630 g/mol. The number of aromatic amines is 1. The summed E-state index contributed by atoms with van der Waals surface area (Å²) in [5.41, 5.74) is 7.43. The molecule has 1 saturated heterocycles. The van der Waals surface area contributed by atoms with Crippen LogP contribution in [0.25, 0.3) is 10.9 Å². The number of amides is 1. The largest absolute Gasteiger partial charge is 0.506 e. The predicted molar refractivity (Wildman–Crippen MR) is 187 cm³/mol. The second kappa shape index (κ2) is 15.9. The summed E-state index contributed by atoms with van der Waals surface area (Å²) in [6.07, 6.45) is 2.17. The number of sulfonamides is 1. The van der Waals surface area contributed by atoms with Crippen LogP contribution < -0.4 is 21.3 Å². The molecule has 5 rings (SSSR count). The Morgan fingerprint density at radius 3 is 2.29 bits per heavy atom. The summed E-state index contributed by atoms with van der Waals surface area (Å²) in [5.74, 6) is -0.590. The molecule has 48 heavy (non-hydrogen) atoms. The number of unbranched alkanes of at least 4 members (excludes halogenated alkanes) is 2. The number of hydrogen-bond acceptors (Lipinski definition) is 8. The lowest BCUT2D eigenvalue weighted by Crippen LogP contribution is -2.49. The van der Waals surface area contributed by atoms with E-state index in [1.54, 1.807) is 12.1 Å². The fraction of sp³-hybridized carbons (Fsp3) is 0.389. The monoisotopic (exact) mass is 675 g/mol. The lowest BCUT2D eigenvalue weighted by atomic mass is 9.64. The molecular formula is C36H45N5O6S. The van der Waals surface area contributed by atoms with Gasteiger partial charge in [0.1, 0.15) is 11.2 Å². The quantitative estimate of drug-likeness (QED) is 0.0926. The number of primary amides is 1. The van der Waals surface area contributed by atoms with E-state index in [1.165, 1.54) is 12.1 Å². The van der Waals surface area contributed by atoms with E-state index in [1.807, 2.05) is 60.7 Å². The summed E-state index contributed by atoms with van der Waals surface area (Å²) in [7, 11) is -3.48. The van der Waals surface area contributed by atoms with E-state index in [0.717, 1.165) is 30.4 Å². The number of hydrogen-bond donors (Lipinski definition) is 6. The fourth-order valence-electron chi connectivity index (χ4n) is 6.91. The zero-order valence-electron chi connectivity index (χ0n) is 27.0. The van der Waals surface area contributed by atoms with E-state index in [4.69, 9.17) is 5.73 Å². The number of aliphatic hydroxyl groups is 1. The molecule has 1 aliphatic rings. The Morgan fingerprint density at radius 1 is 0.958 bits per heavy atom. The molecule has 1 aromatic heterocycles. The first-order chi connectivity index (χ1) is 23.1. The van der Waals surface area contributed by atoms with Crippen molar-refractivity contribution < 1.29 is 23.4 Å². The molecule has 2 heterocycles. The molecule has 1 fully saturated rings. The molecule has 0 spiro atoms. The number of aliphatic hydroxyl groups excluding tert-OH is 1. The zero-order chi connectivity index (χ0) is 34.1. The number of nitrogens with one attached hydrogen (secondary N) is 3. The summed E-state index contributed by atoms with van der Waals surface area (Å²) < 4.78 is 28.3. The highest BCUT2D eigenvalue weighted by atomic mass is 32.2. The average molecular weight is 676 g/mol. The Morgan fingerprint density at radius 2 is 1.62 bits per heavy atom. The number of rotatable bonds is 17. The topological polar surface area (TPSA) is 178 Å². The fourth-order valence-corrected chi connectivity index (χ4v) is 8.01. The minimum absolute atomic E-state index is 0.0285. The van der Waals surface area contributed by atoms with Gasteiger partial charge < -0.3 is 31.1 Å². The summed E-state index contributed by atoms with van der Waals surface area (Å²) >= 11 is 0. The van der Waals surface area contributed by atoms with Gasteiger partial charge in [-0.15, -0.1) is 0 Å². The van der Waals surface area contributed by atoms with Crippen LogP contribution in [0, 0.1) is 5.92 Å². The van der Waals surface area contributed by atoms with Gasteiger partial charge in [0.2, 0.25) is 21.5 Å². The minimum Gasteiger partial charge on any atom is -0.506 e. The number of likely N-dealkylation sites (tertiary alicyclic amines) is 1. The van der Waals surface area contributed by atoms with Crippen LogP contribution in [-0.4, -0.2) is 79.4 Å². The van der Waals surface area contributed by atoms with Crippen molar-refractivity contribution in [1.82, 2.24) is 19.9 Å². The third-order valence-corrected chi connectivity index (χ3v) is 10.7. The molecule has 4 aromatic rings. The number of aromatic hydroxyl groups is 1. The number of carbonyl (C=O) groups excluding carboxylic acids is 1. The number of H-pyrrole nitrogens is 1. The van der Waals surface area contributed by atoms with Crippen LogP contribution in [0.1, 0.15) is 48.5 Å². The van der Waals surface area contributed by atoms with Crippen LogP contribution >= 0.6 is 0 Å². The molecule has 12 heteroatoms. The molecule has 0 radical (unpaired) electrons. The van der Waals surface area contributed by atoms with Gasteiger partial charge in [-0.2, -0.15) is 0 Å². The van der Waals surface area contributed by atoms with E-state index >= 15 is 0 Å². The number of phenols is 1. The van der Waals surface area contributed by atoms with Gasteiger partial charge in [-0.05, 0) is 67.1 Å². The first-order valence-electron chi connectivity index (χ1n) is 16.5. The average Bonchev–Trinajstić information content (AvgIpc) is 3.56. The molecule has 2 atom stereocenters. The number of benzene rings is 3. The maximum atomic E-state index is 13.3. The summed E-state index contributed by atoms with van der Waals surface area (Å²) in [6, 6.07) is 25.3. The Bertz CT molecular complexity index is 1790. The van der Waals surface area contributed by atoms with Gasteiger partial charge in [-0.3, -0.25) is 9.59 Å². The molecule has 1 amide bonds. The molecule has 0 bridgehead atoms. The third-order valence-electron chi connectivity index (χ3n) is 9.36. The SMILES string of the molecule is NC(=O)C(c1ccccc1)(c1ccccc1)C1CCN(CCS(=O)(=O)NCCCCCNCC(O)c2ccc(O)c3[nH]c(=O)ccc23)C1. The lowest BCUT2D eigenvalue weighted by molar-refractivity contribution is -0.123. The van der Waals surface area contributed by atoms with Gasteiger partial charge >= 0.3 is 0 Å². The standard InChI is InChI=1S/C36H45N5O6S/c37-35(45)36(26-10-4-1-5-11-26,27-12-6-2-7-13-27)28-18-21-41(25-28)22-23-48(46,47)39-20-9-3-8-19-38-24-32(43)29-14-16-31(42)34-30(29)15-17-33(44)40-34/h1-2,4-7,10-17,28,32,38-39,42-43H,3,8-9,18-25H2,(H2,37,45)(H,40,44). The number of aromatic nitrogens is 1. The Labute approximate surface area is 281 Å². The molecule has 0 aliphatic carbocycles. The summed E-state index contributed by atoms with van der Waals surface area (Å²) in [5, 5.41) is 24.5. The predicted octanol–water partition coefficient (Wildman–Crippen LogP) is 2.74. The van der Waals surface area contributed by atoms with Crippen LogP contribution in [0.15, 0.2) is 89.7 Å². The summed E-state index contributed by atoms with van der Waals surface area (Å²) in [4.78, 5) is 29.6. The maximum Gasteiger partial charge on any atom is 0.248 e. The van der Waals surface area contributed by atoms with E-state index in [2.05, 4.69) is 19.9 Å². The normalized spacial score (nSPS) is 16.3. The van der Waals surface area contributed by atoms with Gasteiger partial charge in [0, 0.05) is 37.6 Å². The number of phenolic OH excluding ortho intramolecular Hbond substituents is 1. The van der Waals surface area contributed by atoms with E-state index in [-0.39, 0.29) is 23.0 Å². The third kappa shape index (κ3) is 8.13. The van der Waals surface area contributed by atoms with Crippen molar-refractivity contribution in [1.29, 1.82) is 0 Å². The Kier molecular flexibility index (Phi) is 11.7. The van der Waals surface area contributed by atoms with Gasteiger partial charge in [0.05, 0.1) is 17.4 Å². The number of pyridine rings is 1. The molecule has 3 aromatic carbocycles. The van der Waals surface area contributed by atoms with Crippen molar-refractivity contribution in [2.24, 2.45) is 11.7 Å². The lowest BCUT2D eigenvalue weighted by Gasteiger charge is -2.37. The van der Waals surface area contributed by atoms with Crippen LogP contribution in [0.2, 0.25) is 0 Å². The van der Waals surface area contributed by atoms with Crippen molar-refractivity contribution in [3.8, 4) is 5.75 Å². The van der Waals surface area contributed by atoms with Crippen LogP contribution in [0.3, 0.4) is 0 Å². The van der Waals surface area contributed by atoms with Gasteiger partial charge in [0.25, 0.3) is 0 Å². The van der Waals surface area contributed by atoms with Crippen LogP contribution in [-0.2, 0) is 20.2 Å². The van der Waals surface area contributed by atoms with Gasteiger partial charge in [-0.25, -0.2) is 13.1 Å². The van der Waals surface area contributed by atoms with E-state index < -0.39 is 27.4 Å². The molecule has 7 N–H and O–H groups in total. The molecule has 256 valence electrons. The molecule has 2 unspecified atom stereocenters. The highest BCUT2D eigenvalue weighted by Crippen LogP contribution is 2.43. The zero-order valence-corrected chi connectivity index (χ0v) is 27.8. The van der Waals surface area contributed by atoms with Crippen molar-refractivity contribution in [3.63, 3.8) is 0 Å². The van der Waals surface area contributed by atoms with Gasteiger partial charge in [-0.1, -0.05) is 73.2 Å². The van der Waals surface area contributed by atoms with E-state index in [9.17, 15) is 28.2 Å². The van der Waals surface area contributed by atoms with E-state index in [0.29, 0.717) is 62.2 Å². The van der Waals surface area contributed by atoms with Gasteiger partial charge in [0.15, 0.2) is 0 Å². The van der Waals surface area contributed by atoms with Crippen LogP contribution in [0.4, 0.5) is 0 Å². The first-order valence-corrected chi connectivity index (χ1v) is 18.1. The number of nitrogens with zero attached hydrogens (tertiary/aromatic N) is 1. The van der Waals surface area contributed by atoms with Crippen molar-refractivity contribution >= 4 is 26.8 Å². The van der Waals surface area contributed by atoms with Crippen molar-refractivity contribution in [2.75, 3.05) is 45.0 Å². The Hall–Kier alpha value is -4.07. The minimum atomic E-state index is -3.48. The second-order valence-electron chi connectivity index (χ2n) is 12.5. The highest BCUT2D eigenvalue weighted by molar-refractivity contribution is 7.89.